The van der Waals surface area contributed by atoms with Gasteiger partial charge in [0.25, 0.3) is 11.8 Å². The Hall–Kier alpha value is -3.00. The second-order valence-corrected chi connectivity index (χ2v) is 6.04. The van der Waals surface area contributed by atoms with E-state index in [1.165, 1.54) is 7.11 Å². The Bertz CT molecular complexity index is 926. The number of methoxy groups -OCH3 is 2. The number of rotatable bonds is 6. The van der Waals surface area contributed by atoms with Gasteiger partial charge in [0.15, 0.2) is 0 Å². The summed E-state index contributed by atoms with van der Waals surface area (Å²) in [6, 6.07) is 12.5. The van der Waals surface area contributed by atoms with E-state index in [0.717, 1.165) is 4.90 Å². The molecule has 3 aromatic rings. The van der Waals surface area contributed by atoms with Crippen molar-refractivity contribution in [3.8, 4) is 23.0 Å². The first kappa shape index (κ1) is 17.8. The van der Waals surface area contributed by atoms with Gasteiger partial charge < -0.3 is 13.9 Å². The van der Waals surface area contributed by atoms with Crippen molar-refractivity contribution in [2.24, 2.45) is 0 Å². The van der Waals surface area contributed by atoms with Gasteiger partial charge >= 0.3 is 6.01 Å². The molecule has 26 heavy (non-hydrogen) atoms. The minimum atomic E-state index is -0.321. The number of anilines is 1. The quantitative estimate of drug-likeness (QED) is 0.661. The molecule has 1 aromatic heterocycles. The van der Waals surface area contributed by atoms with Gasteiger partial charge in [0.05, 0.1) is 19.8 Å². The molecule has 3 rings (SSSR count). The van der Waals surface area contributed by atoms with Gasteiger partial charge in [-0.15, -0.1) is 16.9 Å². The lowest BCUT2D eigenvalue weighted by Crippen LogP contribution is -2.12. The highest BCUT2D eigenvalue weighted by molar-refractivity contribution is 7.98. The van der Waals surface area contributed by atoms with Gasteiger partial charge in [-0.3, -0.25) is 10.1 Å². The molecule has 0 fully saturated rings. The number of nitrogens with zero attached hydrogens (tertiary/aromatic N) is 2. The van der Waals surface area contributed by atoms with E-state index in [-0.39, 0.29) is 17.8 Å². The normalized spacial score (nSPS) is 10.4. The van der Waals surface area contributed by atoms with Crippen molar-refractivity contribution in [3.63, 3.8) is 0 Å². The van der Waals surface area contributed by atoms with E-state index in [9.17, 15) is 4.79 Å². The number of thioether (sulfide) groups is 1. The van der Waals surface area contributed by atoms with Gasteiger partial charge in [0, 0.05) is 16.5 Å². The predicted octanol–water partition coefficient (Wildman–Crippen LogP) is 3.73. The van der Waals surface area contributed by atoms with Crippen molar-refractivity contribution in [1.82, 2.24) is 10.2 Å². The second-order valence-electron chi connectivity index (χ2n) is 5.16. The third-order valence-corrected chi connectivity index (χ3v) is 4.34. The molecule has 0 saturated carbocycles. The molecule has 7 nitrogen and oxygen atoms in total. The monoisotopic (exact) mass is 371 g/mol. The molecule has 0 atom stereocenters. The summed E-state index contributed by atoms with van der Waals surface area (Å²) in [5, 5.41) is 10.5. The molecular formula is C18H17N3O4S. The molecule has 0 unspecified atom stereocenters. The zero-order chi connectivity index (χ0) is 18.5. The number of carbonyl (C=O) groups is 1. The van der Waals surface area contributed by atoms with Crippen LogP contribution in [0.1, 0.15) is 10.4 Å². The Morgan fingerprint density at radius 1 is 1.12 bits per heavy atom. The van der Waals surface area contributed by atoms with Crippen LogP contribution in [-0.2, 0) is 0 Å². The Morgan fingerprint density at radius 2 is 1.96 bits per heavy atom. The van der Waals surface area contributed by atoms with Gasteiger partial charge in [-0.25, -0.2) is 0 Å². The average Bonchev–Trinajstić information content (AvgIpc) is 3.15. The van der Waals surface area contributed by atoms with E-state index >= 15 is 0 Å². The molecule has 0 bridgehead atoms. The Kier molecular flexibility index (Phi) is 5.43. The number of hydrogen-bond acceptors (Lipinski definition) is 7. The zero-order valence-corrected chi connectivity index (χ0v) is 15.3. The number of carbonyl (C=O) groups excluding carboxylic acids is 1. The van der Waals surface area contributed by atoms with Crippen LogP contribution in [0.15, 0.2) is 51.8 Å². The topological polar surface area (TPSA) is 86.5 Å². The van der Waals surface area contributed by atoms with Crippen molar-refractivity contribution >= 4 is 23.7 Å². The summed E-state index contributed by atoms with van der Waals surface area (Å²) in [7, 11) is 3.11. The van der Waals surface area contributed by atoms with Crippen LogP contribution in [0.25, 0.3) is 11.5 Å². The van der Waals surface area contributed by atoms with Crippen molar-refractivity contribution in [1.29, 1.82) is 0 Å². The fourth-order valence-electron chi connectivity index (χ4n) is 2.29. The first-order valence-electron chi connectivity index (χ1n) is 7.66. The number of benzene rings is 2. The van der Waals surface area contributed by atoms with Crippen molar-refractivity contribution < 1.29 is 18.7 Å². The Morgan fingerprint density at radius 3 is 2.69 bits per heavy atom. The van der Waals surface area contributed by atoms with E-state index in [1.807, 2.05) is 18.4 Å². The minimum absolute atomic E-state index is 0.0115. The largest absolute Gasteiger partial charge is 0.497 e. The maximum Gasteiger partial charge on any atom is 0.322 e. The molecule has 0 radical (unpaired) electrons. The lowest BCUT2D eigenvalue weighted by atomic mass is 10.2. The van der Waals surface area contributed by atoms with E-state index in [0.29, 0.717) is 22.6 Å². The summed E-state index contributed by atoms with van der Waals surface area (Å²) in [6.45, 7) is 0. The number of amides is 1. The van der Waals surface area contributed by atoms with Crippen LogP contribution in [0.4, 0.5) is 6.01 Å². The maximum absolute atomic E-state index is 12.3. The van der Waals surface area contributed by atoms with E-state index in [4.69, 9.17) is 13.9 Å². The van der Waals surface area contributed by atoms with Gasteiger partial charge in [-0.1, -0.05) is 11.2 Å². The van der Waals surface area contributed by atoms with Crippen LogP contribution in [-0.4, -0.2) is 36.6 Å². The van der Waals surface area contributed by atoms with Gasteiger partial charge in [-0.2, -0.15) is 0 Å². The lowest BCUT2D eigenvalue weighted by Gasteiger charge is -2.07. The molecule has 8 heteroatoms. The van der Waals surface area contributed by atoms with E-state index < -0.39 is 0 Å². The molecule has 134 valence electrons. The third kappa shape index (κ3) is 3.80. The fraction of sp³-hybridized carbons (Fsp3) is 0.167. The first-order chi connectivity index (χ1) is 12.6. The zero-order valence-electron chi connectivity index (χ0n) is 14.5. The summed E-state index contributed by atoms with van der Waals surface area (Å²) in [5.74, 6) is 1.08. The first-order valence-corrected chi connectivity index (χ1v) is 8.88. The fourth-order valence-corrected chi connectivity index (χ4v) is 2.75. The summed E-state index contributed by atoms with van der Waals surface area (Å²) in [6.07, 6.45) is 1.95. The molecule has 0 aliphatic carbocycles. The highest BCUT2D eigenvalue weighted by Crippen LogP contribution is 2.33. The van der Waals surface area contributed by atoms with Crippen LogP contribution in [0, 0.1) is 0 Å². The number of nitrogens with one attached hydrogen (secondary N) is 1. The van der Waals surface area contributed by atoms with Crippen LogP contribution in [0.3, 0.4) is 0 Å². The highest BCUT2D eigenvalue weighted by Gasteiger charge is 2.16. The highest BCUT2D eigenvalue weighted by atomic mass is 32.2. The van der Waals surface area contributed by atoms with Crippen molar-refractivity contribution in [3.05, 3.63) is 48.0 Å². The molecular weight excluding hydrogens is 354 g/mol. The lowest BCUT2D eigenvalue weighted by molar-refractivity contribution is 0.102. The molecule has 0 aliphatic heterocycles. The minimum Gasteiger partial charge on any atom is -0.497 e. The van der Waals surface area contributed by atoms with Crippen LogP contribution in [0.2, 0.25) is 0 Å². The van der Waals surface area contributed by atoms with E-state index in [1.54, 1.807) is 49.2 Å². The van der Waals surface area contributed by atoms with Crippen molar-refractivity contribution in [2.45, 2.75) is 4.90 Å². The molecule has 1 heterocycles. The van der Waals surface area contributed by atoms with Crippen LogP contribution in [0.5, 0.6) is 11.5 Å². The molecule has 0 aliphatic rings. The average molecular weight is 371 g/mol. The van der Waals surface area contributed by atoms with Gasteiger partial charge in [-0.05, 0) is 36.6 Å². The smallest absolute Gasteiger partial charge is 0.322 e. The van der Waals surface area contributed by atoms with Crippen LogP contribution < -0.4 is 14.8 Å². The van der Waals surface area contributed by atoms with Crippen LogP contribution >= 0.6 is 11.8 Å². The van der Waals surface area contributed by atoms with Gasteiger partial charge in [0.1, 0.15) is 11.5 Å². The van der Waals surface area contributed by atoms with Crippen molar-refractivity contribution in [2.75, 3.05) is 25.8 Å². The number of hydrogen-bond donors (Lipinski definition) is 1. The molecule has 0 spiro atoms. The number of ether oxygens (including phenoxy) is 2. The SMILES string of the molecule is COc1ccc(-c2nnc(NC(=O)c3cccc(SC)c3)o2)c(OC)c1. The summed E-state index contributed by atoms with van der Waals surface area (Å²) in [4.78, 5) is 13.3. The summed E-state index contributed by atoms with van der Waals surface area (Å²) < 4.78 is 16.1. The summed E-state index contributed by atoms with van der Waals surface area (Å²) in [5.41, 5.74) is 1.12. The Labute approximate surface area is 154 Å². The van der Waals surface area contributed by atoms with E-state index in [2.05, 4.69) is 15.5 Å². The maximum atomic E-state index is 12.3. The Balaban J connectivity index is 1.81. The third-order valence-electron chi connectivity index (χ3n) is 3.62. The molecule has 0 saturated heterocycles. The summed E-state index contributed by atoms with van der Waals surface area (Å²) >= 11 is 1.56. The predicted molar refractivity (Wildman–Crippen MR) is 99.0 cm³/mol. The standard InChI is InChI=1S/C18H17N3O4S/c1-23-12-7-8-14(15(10-12)24-2)17-20-21-18(25-17)19-16(22)11-5-4-6-13(9-11)26-3/h4-10H,1-3H3,(H,19,21,22). The molecule has 1 amide bonds. The van der Waals surface area contributed by atoms with Gasteiger partial charge in [0.2, 0.25) is 0 Å². The number of aromatic nitrogens is 2. The molecule has 2 aromatic carbocycles. The molecule has 1 N–H and O–H groups in total. The second kappa shape index (κ2) is 7.92.